The fraction of sp³-hybridized carbons (Fsp3) is 0.250. The van der Waals surface area contributed by atoms with Gasteiger partial charge in [0.2, 0.25) is 0 Å². The first-order valence-electron chi connectivity index (χ1n) is 9.10. The lowest BCUT2D eigenvalue weighted by atomic mass is 10.1. The number of allylic oxidation sites excluding steroid dienone is 3. The van der Waals surface area contributed by atoms with Gasteiger partial charge in [-0.2, -0.15) is 13.2 Å². The van der Waals surface area contributed by atoms with E-state index in [0.717, 1.165) is 18.5 Å². The highest BCUT2D eigenvalue weighted by molar-refractivity contribution is 6.30. The van der Waals surface area contributed by atoms with Gasteiger partial charge in [-0.25, -0.2) is 8.78 Å². The summed E-state index contributed by atoms with van der Waals surface area (Å²) in [6, 6.07) is 1.51. The number of carbonyl (C=O) groups excluding carboxylic acids is 1. The van der Waals surface area contributed by atoms with E-state index in [-0.39, 0.29) is 34.1 Å². The van der Waals surface area contributed by atoms with Crippen molar-refractivity contribution in [2.75, 3.05) is 6.61 Å². The number of nitrogens with zero attached hydrogens (tertiary/aromatic N) is 2. The second-order valence-electron chi connectivity index (χ2n) is 6.61. The van der Waals surface area contributed by atoms with Crippen LogP contribution in [0.2, 0.25) is 0 Å². The Morgan fingerprint density at radius 3 is 2.56 bits per heavy atom. The third-order valence-electron chi connectivity index (χ3n) is 4.28. The molecule has 0 saturated carbocycles. The van der Waals surface area contributed by atoms with Crippen molar-refractivity contribution < 1.29 is 36.6 Å². The zero-order valence-electron chi connectivity index (χ0n) is 16.1. The molecule has 1 aromatic carbocycles. The minimum atomic E-state index is -4.74. The summed E-state index contributed by atoms with van der Waals surface area (Å²) < 4.78 is 71.6. The van der Waals surface area contributed by atoms with Gasteiger partial charge in [0.25, 0.3) is 5.91 Å². The number of aliphatic hydroxyl groups excluding tert-OH is 1. The summed E-state index contributed by atoms with van der Waals surface area (Å²) in [5, 5.41) is 11.2. The Hall–Kier alpha value is -3.05. The van der Waals surface area contributed by atoms with Crippen LogP contribution >= 0.6 is 11.6 Å². The number of ether oxygens (including phenoxy) is 1. The van der Waals surface area contributed by atoms with Gasteiger partial charge in [-0.1, -0.05) is 11.6 Å². The van der Waals surface area contributed by atoms with E-state index >= 15 is 0 Å². The van der Waals surface area contributed by atoms with Crippen molar-refractivity contribution in [1.82, 2.24) is 15.3 Å². The third-order valence-corrected chi connectivity index (χ3v) is 4.66. The number of rotatable bonds is 6. The summed E-state index contributed by atoms with van der Waals surface area (Å²) in [4.78, 5) is 20.4. The lowest BCUT2D eigenvalue weighted by molar-refractivity contribution is -0.153. The first-order chi connectivity index (χ1) is 15.1. The molecular formula is C20H15ClF5N3O3. The first-order valence-corrected chi connectivity index (χ1v) is 9.48. The smallest absolute Gasteiger partial charge is 0.422 e. The van der Waals surface area contributed by atoms with Gasteiger partial charge < -0.3 is 15.2 Å². The molecule has 12 heteroatoms. The van der Waals surface area contributed by atoms with Crippen LogP contribution < -0.4 is 10.1 Å². The average molecular weight is 476 g/mol. The van der Waals surface area contributed by atoms with E-state index in [9.17, 15) is 26.7 Å². The molecule has 32 heavy (non-hydrogen) atoms. The van der Waals surface area contributed by atoms with Crippen molar-refractivity contribution in [3.8, 4) is 17.0 Å². The van der Waals surface area contributed by atoms with Crippen molar-refractivity contribution in [2.24, 2.45) is 0 Å². The molecule has 0 aliphatic heterocycles. The SMILES string of the molecule is O=C(NC1=C(Cl)CCC=C1F)c1cc(F)c(-c2cnc(CO)cn2)cc1OCC(F)(F)F. The maximum atomic E-state index is 14.8. The number of hydrogen-bond donors (Lipinski definition) is 2. The van der Waals surface area contributed by atoms with E-state index in [1.807, 2.05) is 0 Å². The van der Waals surface area contributed by atoms with Crippen molar-refractivity contribution in [2.45, 2.75) is 25.6 Å². The predicted molar refractivity (Wildman–Crippen MR) is 104 cm³/mol. The maximum Gasteiger partial charge on any atom is 0.422 e. The minimum absolute atomic E-state index is 0.00690. The van der Waals surface area contributed by atoms with Crippen LogP contribution in [0.5, 0.6) is 5.75 Å². The Morgan fingerprint density at radius 2 is 1.97 bits per heavy atom. The van der Waals surface area contributed by atoms with Crippen LogP contribution in [0.4, 0.5) is 22.0 Å². The van der Waals surface area contributed by atoms with Gasteiger partial charge in [0.05, 0.1) is 41.6 Å². The molecular weight excluding hydrogens is 461 g/mol. The summed E-state index contributed by atoms with van der Waals surface area (Å²) in [6.45, 7) is -2.18. The molecule has 0 spiro atoms. The third kappa shape index (κ3) is 5.60. The minimum Gasteiger partial charge on any atom is -0.483 e. The predicted octanol–water partition coefficient (Wildman–Crippen LogP) is 4.54. The number of alkyl halides is 3. The van der Waals surface area contributed by atoms with Crippen molar-refractivity contribution in [1.29, 1.82) is 0 Å². The summed E-state index contributed by atoms with van der Waals surface area (Å²) in [6.07, 6.45) is -0.751. The number of carbonyl (C=O) groups is 1. The van der Waals surface area contributed by atoms with Crippen LogP contribution in [-0.4, -0.2) is 33.8 Å². The molecule has 0 bridgehead atoms. The van der Waals surface area contributed by atoms with Crippen LogP contribution in [0.25, 0.3) is 11.3 Å². The van der Waals surface area contributed by atoms with E-state index in [2.05, 4.69) is 15.3 Å². The van der Waals surface area contributed by atoms with Gasteiger partial charge in [-0.05, 0) is 31.1 Å². The molecule has 0 fully saturated rings. The maximum absolute atomic E-state index is 14.8. The molecule has 1 aromatic heterocycles. The van der Waals surface area contributed by atoms with Gasteiger partial charge in [0.1, 0.15) is 17.4 Å². The van der Waals surface area contributed by atoms with Crippen LogP contribution in [0.3, 0.4) is 0 Å². The number of halogens is 6. The fourth-order valence-electron chi connectivity index (χ4n) is 2.77. The highest BCUT2D eigenvalue weighted by Crippen LogP contribution is 2.32. The Morgan fingerprint density at radius 1 is 1.22 bits per heavy atom. The standard InChI is InChI=1S/C20H15ClF5N3O3/c21-13-2-1-3-14(22)18(13)29-19(31)12-4-15(23)11(5-17(12)32-9-20(24,25)26)16-7-27-10(8-30)6-28-16/h3-7,30H,1-2,8-9H2,(H,29,31). The fourth-order valence-corrected chi connectivity index (χ4v) is 3.02. The zero-order valence-corrected chi connectivity index (χ0v) is 16.9. The normalized spacial score (nSPS) is 14.3. The Kier molecular flexibility index (Phi) is 7.09. The topological polar surface area (TPSA) is 84.3 Å². The number of benzene rings is 1. The van der Waals surface area contributed by atoms with Gasteiger partial charge in [0.15, 0.2) is 6.61 Å². The lowest BCUT2D eigenvalue weighted by Crippen LogP contribution is -2.27. The molecule has 1 heterocycles. The first kappa shape index (κ1) is 23.6. The molecule has 1 aliphatic rings. The average Bonchev–Trinajstić information content (AvgIpc) is 2.74. The van der Waals surface area contributed by atoms with Crippen LogP contribution in [0.15, 0.2) is 47.2 Å². The molecule has 2 aromatic rings. The largest absolute Gasteiger partial charge is 0.483 e. The summed E-state index contributed by atoms with van der Waals surface area (Å²) >= 11 is 5.93. The Bertz CT molecular complexity index is 1090. The van der Waals surface area contributed by atoms with Crippen molar-refractivity contribution in [3.63, 3.8) is 0 Å². The van der Waals surface area contributed by atoms with E-state index in [0.29, 0.717) is 12.5 Å². The van der Waals surface area contributed by atoms with Crippen LogP contribution in [0.1, 0.15) is 28.9 Å². The highest BCUT2D eigenvalue weighted by atomic mass is 35.5. The number of aromatic nitrogens is 2. The Balaban J connectivity index is 2.01. The van der Waals surface area contributed by atoms with E-state index in [4.69, 9.17) is 21.4 Å². The van der Waals surface area contributed by atoms with Gasteiger partial charge in [0, 0.05) is 10.6 Å². The zero-order chi connectivity index (χ0) is 23.5. The summed E-state index contributed by atoms with van der Waals surface area (Å²) in [5.41, 5.74) is -1.14. The molecule has 0 atom stereocenters. The number of nitrogens with one attached hydrogen (secondary N) is 1. The molecule has 0 unspecified atom stereocenters. The number of amides is 1. The van der Waals surface area contributed by atoms with Gasteiger partial charge in [-0.3, -0.25) is 14.8 Å². The number of hydrogen-bond acceptors (Lipinski definition) is 5. The van der Waals surface area contributed by atoms with Crippen LogP contribution in [-0.2, 0) is 6.61 Å². The molecule has 170 valence electrons. The van der Waals surface area contributed by atoms with Gasteiger partial charge in [-0.15, -0.1) is 0 Å². The molecule has 3 rings (SSSR count). The molecule has 0 radical (unpaired) electrons. The van der Waals surface area contributed by atoms with Crippen molar-refractivity contribution in [3.05, 3.63) is 64.2 Å². The van der Waals surface area contributed by atoms with E-state index in [1.165, 1.54) is 6.08 Å². The quantitative estimate of drug-likeness (QED) is 0.599. The monoisotopic (exact) mass is 475 g/mol. The summed E-state index contributed by atoms with van der Waals surface area (Å²) in [5.74, 6) is -3.56. The highest BCUT2D eigenvalue weighted by Gasteiger charge is 2.30. The van der Waals surface area contributed by atoms with Gasteiger partial charge >= 0.3 is 6.18 Å². The second kappa shape index (κ2) is 9.61. The van der Waals surface area contributed by atoms with Crippen molar-refractivity contribution >= 4 is 17.5 Å². The Labute approximate surface area is 183 Å². The molecule has 2 N–H and O–H groups in total. The lowest BCUT2D eigenvalue weighted by Gasteiger charge is -2.17. The number of aliphatic hydroxyl groups is 1. The summed E-state index contributed by atoms with van der Waals surface area (Å²) in [7, 11) is 0. The molecule has 1 amide bonds. The van der Waals surface area contributed by atoms with Crippen LogP contribution in [0, 0.1) is 5.82 Å². The molecule has 6 nitrogen and oxygen atoms in total. The molecule has 0 saturated heterocycles. The molecule has 1 aliphatic carbocycles. The second-order valence-corrected chi connectivity index (χ2v) is 7.06. The van der Waals surface area contributed by atoms with E-state index in [1.54, 1.807) is 0 Å². The van der Waals surface area contributed by atoms with E-state index < -0.39 is 48.3 Å².